The van der Waals surface area contributed by atoms with Gasteiger partial charge in [0, 0.05) is 29.8 Å². The second-order valence-electron chi connectivity index (χ2n) is 11.7. The molecule has 0 atom stereocenters. The van der Waals surface area contributed by atoms with Crippen LogP contribution in [-0.2, 0) is 15.6 Å². The number of carbonyl (C=O) groups is 1. The van der Waals surface area contributed by atoms with Gasteiger partial charge in [0.2, 0.25) is 0 Å². The van der Waals surface area contributed by atoms with Crippen molar-refractivity contribution in [1.82, 2.24) is 19.9 Å². The number of thiazole rings is 1. The van der Waals surface area contributed by atoms with Crippen LogP contribution in [-0.4, -0.2) is 44.6 Å². The minimum Gasteiger partial charge on any atom is -0.444 e. The molecule has 1 saturated heterocycles. The molecule has 0 bridgehead atoms. The van der Waals surface area contributed by atoms with Crippen LogP contribution >= 0.6 is 27.3 Å². The van der Waals surface area contributed by atoms with E-state index in [0.717, 1.165) is 57.4 Å². The molecule has 0 aromatic carbocycles. The molecule has 6 nitrogen and oxygen atoms in total. The molecular formula is C25H35BrN4O2S. The van der Waals surface area contributed by atoms with Crippen LogP contribution in [0, 0.1) is 0 Å². The van der Waals surface area contributed by atoms with E-state index in [4.69, 9.17) is 19.7 Å². The number of hydrogen-bond acceptors (Lipinski definition) is 6. The van der Waals surface area contributed by atoms with Crippen LogP contribution in [0.2, 0.25) is 0 Å². The van der Waals surface area contributed by atoms with E-state index in [1.165, 1.54) is 0 Å². The van der Waals surface area contributed by atoms with Crippen molar-refractivity contribution >= 4 is 33.4 Å². The molecule has 2 fully saturated rings. The number of amides is 1. The van der Waals surface area contributed by atoms with Gasteiger partial charge >= 0.3 is 6.09 Å². The Morgan fingerprint density at radius 1 is 1.12 bits per heavy atom. The van der Waals surface area contributed by atoms with Crippen molar-refractivity contribution in [2.45, 2.75) is 96.5 Å². The molecule has 33 heavy (non-hydrogen) atoms. The second-order valence-corrected chi connectivity index (χ2v) is 14.0. The summed E-state index contributed by atoms with van der Waals surface area (Å²) >= 11 is 5.45. The Bertz CT molecular complexity index is 1020. The largest absolute Gasteiger partial charge is 0.444 e. The van der Waals surface area contributed by atoms with E-state index in [1.54, 1.807) is 11.3 Å². The van der Waals surface area contributed by atoms with Crippen molar-refractivity contribution in [2.75, 3.05) is 13.1 Å². The van der Waals surface area contributed by atoms with E-state index in [9.17, 15) is 4.79 Å². The molecule has 1 aliphatic heterocycles. The Kier molecular flexibility index (Phi) is 6.40. The minimum absolute atomic E-state index is 0.0580. The van der Waals surface area contributed by atoms with Gasteiger partial charge < -0.3 is 9.64 Å². The summed E-state index contributed by atoms with van der Waals surface area (Å²) < 4.78 is 6.55. The predicted octanol–water partition coefficient (Wildman–Crippen LogP) is 6.83. The molecule has 180 valence electrons. The number of nitrogens with zero attached hydrogens (tertiary/aromatic N) is 4. The first-order chi connectivity index (χ1) is 15.2. The first kappa shape index (κ1) is 24.6. The molecule has 0 N–H and O–H groups in total. The SMILES string of the molecule is CC(C)(C)OC(=O)N1CCC(c2nc(-c3cc(C(C)(C)C)nc(C4(C)CC4)n3)c(Br)s2)CC1. The van der Waals surface area contributed by atoms with E-state index in [-0.39, 0.29) is 16.9 Å². The number of hydrogen-bond donors (Lipinski definition) is 0. The molecule has 1 amide bonds. The van der Waals surface area contributed by atoms with Gasteiger partial charge in [-0.15, -0.1) is 11.3 Å². The topological polar surface area (TPSA) is 68.2 Å². The summed E-state index contributed by atoms with van der Waals surface area (Å²) in [5.74, 6) is 1.28. The molecule has 8 heteroatoms. The fraction of sp³-hybridized carbons (Fsp3) is 0.680. The van der Waals surface area contributed by atoms with Crippen molar-refractivity contribution in [3.63, 3.8) is 0 Å². The van der Waals surface area contributed by atoms with Gasteiger partial charge in [-0.1, -0.05) is 27.7 Å². The van der Waals surface area contributed by atoms with Gasteiger partial charge in [0.25, 0.3) is 0 Å². The molecule has 0 radical (unpaired) electrons. The van der Waals surface area contributed by atoms with Crippen molar-refractivity contribution in [1.29, 1.82) is 0 Å². The first-order valence-electron chi connectivity index (χ1n) is 11.8. The molecular weight excluding hydrogens is 500 g/mol. The predicted molar refractivity (Wildman–Crippen MR) is 136 cm³/mol. The fourth-order valence-electron chi connectivity index (χ4n) is 3.92. The number of halogens is 1. The number of piperidine rings is 1. The summed E-state index contributed by atoms with van der Waals surface area (Å²) in [6, 6.07) is 2.10. The smallest absolute Gasteiger partial charge is 0.410 e. The lowest BCUT2D eigenvalue weighted by Crippen LogP contribution is -2.41. The zero-order valence-corrected chi connectivity index (χ0v) is 23.2. The Labute approximate surface area is 209 Å². The standard InChI is InChI=1S/C25H35BrN4O2S/c1-23(2,3)17-14-16(27-21(28-17)25(7)10-11-25)18-19(26)33-20(29-18)15-8-12-30(13-9-15)22(31)32-24(4,5)6/h14-15H,8-13H2,1-7H3. The highest BCUT2D eigenvalue weighted by Gasteiger charge is 2.43. The maximum Gasteiger partial charge on any atom is 0.410 e. The number of rotatable bonds is 3. The second kappa shape index (κ2) is 8.59. The zero-order valence-electron chi connectivity index (χ0n) is 20.8. The van der Waals surface area contributed by atoms with Gasteiger partial charge in [-0.3, -0.25) is 0 Å². The lowest BCUT2D eigenvalue weighted by molar-refractivity contribution is 0.0205. The third-order valence-corrected chi connectivity index (χ3v) is 8.24. The number of likely N-dealkylation sites (tertiary alicyclic amines) is 1. The van der Waals surface area contributed by atoms with Gasteiger partial charge in [0.15, 0.2) is 0 Å². The minimum atomic E-state index is -0.469. The van der Waals surface area contributed by atoms with Crippen LogP contribution in [0.15, 0.2) is 9.85 Å². The van der Waals surface area contributed by atoms with E-state index >= 15 is 0 Å². The summed E-state index contributed by atoms with van der Waals surface area (Å²) in [4.78, 5) is 29.2. The molecule has 2 aromatic heterocycles. The van der Waals surface area contributed by atoms with Gasteiger partial charge in [-0.25, -0.2) is 19.7 Å². The summed E-state index contributed by atoms with van der Waals surface area (Å²) in [5.41, 5.74) is 2.43. The normalized spacial score (nSPS) is 19.0. The summed E-state index contributed by atoms with van der Waals surface area (Å²) in [6.07, 6.45) is 3.83. The number of aromatic nitrogens is 3. The quantitative estimate of drug-likeness (QED) is 0.431. The van der Waals surface area contributed by atoms with E-state index in [2.05, 4.69) is 49.7 Å². The molecule has 1 aliphatic carbocycles. The summed E-state index contributed by atoms with van der Waals surface area (Å²) in [7, 11) is 0. The Hall–Kier alpha value is -1.54. The highest BCUT2D eigenvalue weighted by Crippen LogP contribution is 2.47. The van der Waals surface area contributed by atoms with Crippen LogP contribution in [0.5, 0.6) is 0 Å². The van der Waals surface area contributed by atoms with E-state index in [1.807, 2.05) is 25.7 Å². The maximum atomic E-state index is 12.4. The van der Waals surface area contributed by atoms with Gasteiger partial charge in [-0.05, 0) is 68.5 Å². The summed E-state index contributed by atoms with van der Waals surface area (Å²) in [5, 5.41) is 1.11. The third kappa shape index (κ3) is 5.59. The molecule has 0 unspecified atom stereocenters. The molecule has 2 aromatic rings. The highest BCUT2D eigenvalue weighted by atomic mass is 79.9. The van der Waals surface area contributed by atoms with Crippen molar-refractivity contribution < 1.29 is 9.53 Å². The van der Waals surface area contributed by atoms with Crippen molar-refractivity contribution in [3.8, 4) is 11.4 Å². The average Bonchev–Trinajstić information content (AvgIpc) is 3.35. The lowest BCUT2D eigenvalue weighted by atomic mass is 9.91. The van der Waals surface area contributed by atoms with Crippen LogP contribution in [0.1, 0.15) is 96.6 Å². The molecule has 0 spiro atoms. The third-order valence-electron chi connectivity index (χ3n) is 6.38. The van der Waals surface area contributed by atoms with Crippen LogP contribution in [0.3, 0.4) is 0 Å². The molecule has 1 saturated carbocycles. The lowest BCUT2D eigenvalue weighted by Gasteiger charge is -2.32. The monoisotopic (exact) mass is 534 g/mol. The molecule has 3 heterocycles. The van der Waals surface area contributed by atoms with Gasteiger partial charge in [-0.2, -0.15) is 0 Å². The molecule has 4 rings (SSSR count). The average molecular weight is 536 g/mol. The number of carbonyl (C=O) groups excluding carboxylic acids is 1. The van der Waals surface area contributed by atoms with Crippen LogP contribution in [0.25, 0.3) is 11.4 Å². The van der Waals surface area contributed by atoms with Gasteiger partial charge in [0.1, 0.15) is 17.1 Å². The molecule has 2 aliphatic rings. The zero-order chi connectivity index (χ0) is 24.2. The van der Waals surface area contributed by atoms with E-state index < -0.39 is 5.60 Å². The van der Waals surface area contributed by atoms with E-state index in [0.29, 0.717) is 19.0 Å². The first-order valence-corrected chi connectivity index (χ1v) is 13.4. The maximum absolute atomic E-state index is 12.4. The van der Waals surface area contributed by atoms with Crippen LogP contribution in [0.4, 0.5) is 4.79 Å². The Morgan fingerprint density at radius 3 is 2.30 bits per heavy atom. The van der Waals surface area contributed by atoms with Crippen molar-refractivity contribution in [3.05, 3.63) is 26.4 Å². The Balaban J connectivity index is 1.55. The highest BCUT2D eigenvalue weighted by molar-refractivity contribution is 9.11. The van der Waals surface area contributed by atoms with Crippen LogP contribution < -0.4 is 0 Å². The fourth-order valence-corrected chi connectivity index (χ4v) is 5.68. The van der Waals surface area contributed by atoms with Crippen molar-refractivity contribution in [2.24, 2.45) is 0 Å². The van der Waals surface area contributed by atoms with Gasteiger partial charge in [0.05, 0.1) is 20.2 Å². The summed E-state index contributed by atoms with van der Waals surface area (Å²) in [6.45, 7) is 15.9. The number of ether oxygens (including phenoxy) is 1. The Morgan fingerprint density at radius 2 is 1.76 bits per heavy atom.